The minimum atomic E-state index is 0.671. The van der Waals surface area contributed by atoms with E-state index in [1.165, 1.54) is 12.2 Å². The van der Waals surface area contributed by atoms with Crippen LogP contribution in [-0.4, -0.2) is 37.6 Å². The molecule has 1 saturated heterocycles. The Balaban J connectivity index is 1.92. The summed E-state index contributed by atoms with van der Waals surface area (Å²) >= 11 is 0. The number of nitrogens with zero attached hydrogens (tertiary/aromatic N) is 5. The molecule has 0 unspecified atom stereocenters. The Morgan fingerprint density at radius 2 is 1.79 bits per heavy atom. The zero-order valence-corrected chi connectivity index (χ0v) is 11.7. The van der Waals surface area contributed by atoms with Gasteiger partial charge in [0.2, 0.25) is 0 Å². The van der Waals surface area contributed by atoms with Crippen LogP contribution in [-0.2, 0) is 0 Å². The first-order chi connectivity index (χ1) is 9.19. The Bertz CT molecular complexity index is 439. The van der Waals surface area contributed by atoms with Crippen molar-refractivity contribution in [2.24, 2.45) is 11.0 Å². The summed E-state index contributed by atoms with van der Waals surface area (Å²) in [6.07, 6.45) is 0. The first kappa shape index (κ1) is 13.7. The second-order valence-electron chi connectivity index (χ2n) is 5.39. The molecule has 1 heterocycles. The maximum atomic E-state index is 8.38. The predicted molar refractivity (Wildman–Crippen MR) is 78.7 cm³/mol. The van der Waals surface area contributed by atoms with E-state index in [1.807, 2.05) is 24.3 Å². The normalized spacial score (nSPS) is 16.5. The van der Waals surface area contributed by atoms with E-state index in [2.05, 4.69) is 33.7 Å². The van der Waals surface area contributed by atoms with E-state index in [1.54, 1.807) is 0 Å². The van der Waals surface area contributed by atoms with Crippen LogP contribution in [0, 0.1) is 5.92 Å². The molecule has 0 aromatic heterocycles. The minimum absolute atomic E-state index is 0.671. The average Bonchev–Trinajstić information content (AvgIpc) is 2.40. The van der Waals surface area contributed by atoms with Gasteiger partial charge in [-0.3, -0.25) is 4.90 Å². The van der Waals surface area contributed by atoms with Gasteiger partial charge in [0.05, 0.1) is 0 Å². The minimum Gasteiger partial charge on any atom is -0.369 e. The number of benzene rings is 1. The Morgan fingerprint density at radius 1 is 1.16 bits per heavy atom. The van der Waals surface area contributed by atoms with Gasteiger partial charge in [-0.25, -0.2) is 0 Å². The third kappa shape index (κ3) is 3.88. The molecule has 5 nitrogen and oxygen atoms in total. The lowest BCUT2D eigenvalue weighted by atomic mass is 10.2. The summed E-state index contributed by atoms with van der Waals surface area (Å²) in [6.45, 7) is 10.1. The van der Waals surface area contributed by atoms with Crippen molar-refractivity contribution in [2.45, 2.75) is 13.8 Å². The van der Waals surface area contributed by atoms with E-state index in [-0.39, 0.29) is 0 Å². The van der Waals surface area contributed by atoms with Gasteiger partial charge in [0.15, 0.2) is 0 Å². The molecule has 0 N–H and O–H groups in total. The van der Waals surface area contributed by atoms with Gasteiger partial charge in [0.1, 0.15) is 0 Å². The van der Waals surface area contributed by atoms with Crippen LogP contribution in [0.3, 0.4) is 0 Å². The van der Waals surface area contributed by atoms with Gasteiger partial charge in [0.25, 0.3) is 0 Å². The molecule has 0 radical (unpaired) electrons. The van der Waals surface area contributed by atoms with E-state index < -0.39 is 0 Å². The molecule has 1 aliphatic rings. The molecule has 0 aliphatic carbocycles. The highest BCUT2D eigenvalue weighted by molar-refractivity contribution is 5.53. The topological polar surface area (TPSA) is 55.2 Å². The Morgan fingerprint density at radius 3 is 2.32 bits per heavy atom. The first-order valence-electron chi connectivity index (χ1n) is 6.81. The largest absolute Gasteiger partial charge is 0.369 e. The molecule has 1 aliphatic heterocycles. The van der Waals surface area contributed by atoms with Crippen molar-refractivity contribution in [1.82, 2.24) is 4.90 Å². The van der Waals surface area contributed by atoms with Gasteiger partial charge in [-0.15, -0.1) is 0 Å². The van der Waals surface area contributed by atoms with E-state index in [0.717, 1.165) is 32.1 Å². The highest BCUT2D eigenvalue weighted by Gasteiger charge is 2.17. The lowest BCUT2D eigenvalue weighted by molar-refractivity contribution is 0.231. The van der Waals surface area contributed by atoms with Crippen LogP contribution in [0.5, 0.6) is 0 Å². The zero-order valence-electron chi connectivity index (χ0n) is 11.7. The van der Waals surface area contributed by atoms with Gasteiger partial charge in [-0.2, -0.15) is 0 Å². The van der Waals surface area contributed by atoms with E-state index in [0.29, 0.717) is 5.69 Å². The van der Waals surface area contributed by atoms with Gasteiger partial charge in [-0.05, 0) is 23.6 Å². The van der Waals surface area contributed by atoms with Gasteiger partial charge in [0, 0.05) is 49.0 Å². The van der Waals surface area contributed by atoms with Crippen molar-refractivity contribution in [1.29, 1.82) is 0 Å². The van der Waals surface area contributed by atoms with Crippen molar-refractivity contribution in [3.8, 4) is 0 Å². The van der Waals surface area contributed by atoms with Crippen LogP contribution in [0.15, 0.2) is 29.4 Å². The van der Waals surface area contributed by atoms with Crippen molar-refractivity contribution < 1.29 is 0 Å². The molecule has 1 fully saturated rings. The molecule has 0 saturated carbocycles. The first-order valence-corrected chi connectivity index (χ1v) is 6.81. The fourth-order valence-electron chi connectivity index (χ4n) is 2.49. The van der Waals surface area contributed by atoms with Crippen molar-refractivity contribution >= 4 is 11.4 Å². The highest BCUT2D eigenvalue weighted by atomic mass is 15.3. The smallest absolute Gasteiger partial charge is 0.0376 e. The molecule has 0 atom stereocenters. The number of piperazine rings is 1. The van der Waals surface area contributed by atoms with Crippen LogP contribution in [0.25, 0.3) is 10.4 Å². The lowest BCUT2D eigenvalue weighted by Crippen LogP contribution is -2.47. The summed E-state index contributed by atoms with van der Waals surface area (Å²) in [5.74, 6) is 0.731. The zero-order chi connectivity index (χ0) is 13.7. The predicted octanol–water partition coefficient (Wildman–Crippen LogP) is 3.41. The Hall–Kier alpha value is -1.71. The Labute approximate surface area is 114 Å². The Kier molecular flexibility index (Phi) is 4.66. The third-order valence-electron chi connectivity index (χ3n) is 3.37. The van der Waals surface area contributed by atoms with Crippen LogP contribution < -0.4 is 4.90 Å². The fraction of sp³-hybridized carbons (Fsp3) is 0.571. The number of hydrogen-bond donors (Lipinski definition) is 0. The van der Waals surface area contributed by atoms with Crippen molar-refractivity contribution in [2.75, 3.05) is 37.6 Å². The fourth-order valence-corrected chi connectivity index (χ4v) is 2.49. The van der Waals surface area contributed by atoms with Crippen molar-refractivity contribution in [3.63, 3.8) is 0 Å². The summed E-state index contributed by atoms with van der Waals surface area (Å²) in [5.41, 5.74) is 10.3. The molecule has 102 valence electrons. The highest BCUT2D eigenvalue weighted by Crippen LogP contribution is 2.21. The molecule has 1 aromatic carbocycles. The van der Waals surface area contributed by atoms with E-state index in [4.69, 9.17) is 5.53 Å². The van der Waals surface area contributed by atoms with Crippen molar-refractivity contribution in [3.05, 3.63) is 34.7 Å². The molecular weight excluding hydrogens is 238 g/mol. The molecule has 1 aromatic rings. The van der Waals surface area contributed by atoms with Gasteiger partial charge >= 0.3 is 0 Å². The second kappa shape index (κ2) is 6.45. The molecule has 19 heavy (non-hydrogen) atoms. The molecule has 0 spiro atoms. The summed E-state index contributed by atoms with van der Waals surface area (Å²) in [5, 5.41) is 3.59. The summed E-state index contributed by atoms with van der Waals surface area (Å²) in [6, 6.07) is 7.80. The molecule has 0 amide bonds. The quantitative estimate of drug-likeness (QED) is 0.472. The number of rotatable bonds is 4. The number of anilines is 1. The molecule has 5 heteroatoms. The maximum absolute atomic E-state index is 8.38. The summed E-state index contributed by atoms with van der Waals surface area (Å²) in [4.78, 5) is 7.70. The van der Waals surface area contributed by atoms with Crippen LogP contribution in [0.4, 0.5) is 11.4 Å². The number of hydrogen-bond acceptors (Lipinski definition) is 3. The van der Waals surface area contributed by atoms with Crippen LogP contribution in [0.2, 0.25) is 0 Å². The average molecular weight is 259 g/mol. The van der Waals surface area contributed by atoms with Crippen LogP contribution in [0.1, 0.15) is 13.8 Å². The number of azide groups is 1. The maximum Gasteiger partial charge on any atom is 0.0376 e. The van der Waals surface area contributed by atoms with Gasteiger partial charge in [-0.1, -0.05) is 31.1 Å². The molecular formula is C14H21N5. The van der Waals surface area contributed by atoms with E-state index in [9.17, 15) is 0 Å². The monoisotopic (exact) mass is 259 g/mol. The van der Waals surface area contributed by atoms with Gasteiger partial charge < -0.3 is 4.90 Å². The van der Waals surface area contributed by atoms with E-state index >= 15 is 0 Å². The SMILES string of the molecule is CC(C)CN1CCN(c2ccc(N=[N+]=[N-])cc2)CC1. The third-order valence-corrected chi connectivity index (χ3v) is 3.37. The lowest BCUT2D eigenvalue weighted by Gasteiger charge is -2.36. The standard InChI is InChI=1S/C14H21N5/c1-12(2)11-18-7-9-19(10-8-18)14-5-3-13(4-6-14)16-17-15/h3-6,12H,7-11H2,1-2H3. The molecule has 0 bridgehead atoms. The summed E-state index contributed by atoms with van der Waals surface area (Å²) < 4.78 is 0. The summed E-state index contributed by atoms with van der Waals surface area (Å²) in [7, 11) is 0. The molecule has 2 rings (SSSR count). The second-order valence-corrected chi connectivity index (χ2v) is 5.39. The van der Waals surface area contributed by atoms with Crippen LogP contribution >= 0.6 is 0 Å².